The van der Waals surface area contributed by atoms with Crippen LogP contribution in [0.15, 0.2) is 24.3 Å². The third-order valence-electron chi connectivity index (χ3n) is 3.87. The first kappa shape index (κ1) is 15.1. The van der Waals surface area contributed by atoms with Crippen molar-refractivity contribution in [3.63, 3.8) is 0 Å². The quantitative estimate of drug-likeness (QED) is 0.819. The largest absolute Gasteiger partial charge is 0.369 e. The van der Waals surface area contributed by atoms with Crippen molar-refractivity contribution in [2.75, 3.05) is 0 Å². The molecule has 2 N–H and O–H groups in total. The molecule has 1 saturated carbocycles. The number of primary amides is 1. The van der Waals surface area contributed by atoms with Crippen LogP contribution in [0.2, 0.25) is 0 Å². The summed E-state index contributed by atoms with van der Waals surface area (Å²) in [7, 11) is 0. The number of benzene rings is 1. The van der Waals surface area contributed by atoms with Crippen molar-refractivity contribution in [3.05, 3.63) is 35.4 Å². The van der Waals surface area contributed by atoms with Crippen LogP contribution in [0, 0.1) is 5.92 Å². The van der Waals surface area contributed by atoms with Gasteiger partial charge in [-0.15, -0.1) is 11.8 Å². The third-order valence-corrected chi connectivity index (χ3v) is 5.35. The van der Waals surface area contributed by atoms with Crippen LogP contribution < -0.4 is 5.73 Å². The predicted octanol–water partition coefficient (Wildman–Crippen LogP) is 3.17. The molecular weight excluding hydrogens is 270 g/mol. The first-order chi connectivity index (χ1) is 9.58. The van der Waals surface area contributed by atoms with Gasteiger partial charge in [-0.1, -0.05) is 31.0 Å². The molecule has 108 valence electrons. The second kappa shape index (κ2) is 6.93. The monoisotopic (exact) mass is 291 g/mol. The van der Waals surface area contributed by atoms with E-state index in [9.17, 15) is 9.59 Å². The zero-order chi connectivity index (χ0) is 14.5. The van der Waals surface area contributed by atoms with Crippen LogP contribution in [-0.4, -0.2) is 16.9 Å². The number of amides is 1. The van der Waals surface area contributed by atoms with E-state index in [2.05, 4.69) is 0 Å². The highest BCUT2D eigenvalue weighted by Crippen LogP contribution is 2.35. The van der Waals surface area contributed by atoms with Crippen molar-refractivity contribution in [2.45, 2.75) is 43.6 Å². The van der Waals surface area contributed by atoms with E-state index in [1.165, 1.54) is 12.8 Å². The summed E-state index contributed by atoms with van der Waals surface area (Å²) >= 11 is 1.61. The fourth-order valence-corrected chi connectivity index (χ4v) is 4.04. The summed E-state index contributed by atoms with van der Waals surface area (Å²) in [5.41, 5.74) is 7.34. The average Bonchev–Trinajstić information content (AvgIpc) is 2.93. The molecule has 0 radical (unpaired) electrons. The van der Waals surface area contributed by atoms with Gasteiger partial charge in [-0.05, 0) is 37.3 Å². The molecule has 4 heteroatoms. The number of nitrogens with two attached hydrogens (primary N) is 1. The molecule has 1 aliphatic rings. The van der Waals surface area contributed by atoms with Crippen molar-refractivity contribution >= 4 is 23.5 Å². The van der Waals surface area contributed by atoms with E-state index in [-0.39, 0.29) is 16.9 Å². The second-order valence-electron chi connectivity index (χ2n) is 5.44. The Balaban J connectivity index is 2.00. The summed E-state index contributed by atoms with van der Waals surface area (Å²) in [4.78, 5) is 23.0. The highest BCUT2D eigenvalue weighted by atomic mass is 32.2. The molecule has 1 aliphatic carbocycles. The molecule has 1 aromatic carbocycles. The van der Waals surface area contributed by atoms with Gasteiger partial charge in [-0.2, -0.15) is 0 Å². The van der Waals surface area contributed by atoms with Crippen LogP contribution in [0.25, 0.3) is 0 Å². The summed E-state index contributed by atoms with van der Waals surface area (Å²) in [5.74, 6) is 1.02. The SMILES string of the molecule is CC(=O)c1cccc(CSC(C(N)=O)C2CCCC2)c1. The lowest BCUT2D eigenvalue weighted by atomic mass is 10.0. The Labute approximate surface area is 124 Å². The summed E-state index contributed by atoms with van der Waals surface area (Å²) in [5, 5.41) is -0.0986. The van der Waals surface area contributed by atoms with Gasteiger partial charge >= 0.3 is 0 Å². The van der Waals surface area contributed by atoms with Crippen LogP contribution in [0.4, 0.5) is 0 Å². The Morgan fingerprint density at radius 3 is 2.65 bits per heavy atom. The van der Waals surface area contributed by atoms with Crippen molar-refractivity contribution in [1.29, 1.82) is 0 Å². The Hall–Kier alpha value is -1.29. The molecule has 0 heterocycles. The van der Waals surface area contributed by atoms with Gasteiger partial charge in [0.2, 0.25) is 5.91 Å². The Bertz CT molecular complexity index is 495. The van der Waals surface area contributed by atoms with Gasteiger partial charge in [0, 0.05) is 11.3 Å². The molecule has 20 heavy (non-hydrogen) atoms. The van der Waals surface area contributed by atoms with E-state index in [0.29, 0.717) is 5.92 Å². The molecular formula is C16H21NO2S. The summed E-state index contributed by atoms with van der Waals surface area (Å²) in [6.45, 7) is 1.57. The van der Waals surface area contributed by atoms with Gasteiger partial charge in [-0.3, -0.25) is 9.59 Å². The molecule has 0 saturated heterocycles. The lowest BCUT2D eigenvalue weighted by molar-refractivity contribution is -0.118. The molecule has 0 aliphatic heterocycles. The van der Waals surface area contributed by atoms with Crippen molar-refractivity contribution in [2.24, 2.45) is 11.7 Å². The van der Waals surface area contributed by atoms with Gasteiger partial charge in [0.05, 0.1) is 5.25 Å². The lowest BCUT2D eigenvalue weighted by Crippen LogP contribution is -2.31. The highest BCUT2D eigenvalue weighted by molar-refractivity contribution is 7.99. The Kier molecular flexibility index (Phi) is 5.24. The van der Waals surface area contributed by atoms with E-state index in [4.69, 9.17) is 5.73 Å². The smallest absolute Gasteiger partial charge is 0.230 e. The average molecular weight is 291 g/mol. The molecule has 3 nitrogen and oxygen atoms in total. The van der Waals surface area contributed by atoms with Gasteiger partial charge in [0.15, 0.2) is 5.78 Å². The lowest BCUT2D eigenvalue weighted by Gasteiger charge is -2.19. The second-order valence-corrected chi connectivity index (χ2v) is 6.56. The minimum absolute atomic E-state index is 0.0686. The maximum Gasteiger partial charge on any atom is 0.230 e. The van der Waals surface area contributed by atoms with Crippen molar-refractivity contribution < 1.29 is 9.59 Å². The fraction of sp³-hybridized carbons (Fsp3) is 0.500. The molecule has 1 aromatic rings. The highest BCUT2D eigenvalue weighted by Gasteiger charge is 2.29. The number of hydrogen-bond donors (Lipinski definition) is 1. The van der Waals surface area contributed by atoms with Crippen molar-refractivity contribution in [3.8, 4) is 0 Å². The summed E-state index contributed by atoms with van der Waals surface area (Å²) in [6.07, 6.45) is 4.62. The summed E-state index contributed by atoms with van der Waals surface area (Å²) in [6, 6.07) is 7.61. The number of thioether (sulfide) groups is 1. The molecule has 1 fully saturated rings. The first-order valence-electron chi connectivity index (χ1n) is 7.08. The molecule has 1 unspecified atom stereocenters. The zero-order valence-corrected chi connectivity index (χ0v) is 12.6. The van der Waals surface area contributed by atoms with E-state index in [1.54, 1.807) is 18.7 Å². The number of rotatable bonds is 6. The van der Waals surface area contributed by atoms with E-state index in [0.717, 1.165) is 29.7 Å². The van der Waals surface area contributed by atoms with Gasteiger partial charge in [0.1, 0.15) is 0 Å². The zero-order valence-electron chi connectivity index (χ0n) is 11.8. The molecule has 2 rings (SSSR count). The Morgan fingerprint density at radius 1 is 1.35 bits per heavy atom. The minimum atomic E-state index is -0.204. The number of hydrogen-bond acceptors (Lipinski definition) is 3. The molecule has 0 spiro atoms. The van der Waals surface area contributed by atoms with Crippen molar-refractivity contribution in [1.82, 2.24) is 0 Å². The topological polar surface area (TPSA) is 60.2 Å². The standard InChI is InChI=1S/C16H21NO2S/c1-11(18)14-8-4-5-12(9-14)10-20-15(16(17)19)13-6-2-3-7-13/h4-5,8-9,13,15H,2-3,6-7,10H2,1H3,(H2,17,19). The predicted molar refractivity (Wildman–Crippen MR) is 82.7 cm³/mol. The van der Waals surface area contributed by atoms with Gasteiger partial charge < -0.3 is 5.73 Å². The number of carbonyl (C=O) groups is 2. The van der Waals surface area contributed by atoms with Crippen LogP contribution in [0.5, 0.6) is 0 Å². The Morgan fingerprint density at radius 2 is 2.05 bits per heavy atom. The number of Topliss-reactive ketones (excluding diaryl/α,β-unsaturated/α-hetero) is 1. The number of carbonyl (C=O) groups excluding carboxylic acids is 2. The third kappa shape index (κ3) is 3.85. The first-order valence-corrected chi connectivity index (χ1v) is 8.13. The van der Waals surface area contributed by atoms with Gasteiger partial charge in [-0.25, -0.2) is 0 Å². The maximum atomic E-state index is 11.6. The van der Waals surface area contributed by atoms with Crippen LogP contribution in [-0.2, 0) is 10.5 Å². The minimum Gasteiger partial charge on any atom is -0.369 e. The molecule has 0 aromatic heterocycles. The maximum absolute atomic E-state index is 11.6. The van der Waals surface area contributed by atoms with Crippen LogP contribution in [0.1, 0.15) is 48.5 Å². The molecule has 0 bridgehead atoms. The van der Waals surface area contributed by atoms with Crippen LogP contribution in [0.3, 0.4) is 0 Å². The number of ketones is 1. The van der Waals surface area contributed by atoms with E-state index in [1.807, 2.05) is 24.3 Å². The van der Waals surface area contributed by atoms with Gasteiger partial charge in [0.25, 0.3) is 0 Å². The normalized spacial score (nSPS) is 17.1. The molecule has 1 amide bonds. The summed E-state index contributed by atoms with van der Waals surface area (Å²) < 4.78 is 0. The molecule has 1 atom stereocenters. The van der Waals surface area contributed by atoms with E-state index >= 15 is 0 Å². The van der Waals surface area contributed by atoms with E-state index < -0.39 is 0 Å². The van der Waals surface area contributed by atoms with Crippen LogP contribution >= 0.6 is 11.8 Å². The fourth-order valence-electron chi connectivity index (χ4n) is 2.78.